The Labute approximate surface area is 137 Å². The highest BCUT2D eigenvalue weighted by atomic mass is 32.1. The fourth-order valence-electron chi connectivity index (χ4n) is 3.29. The predicted molar refractivity (Wildman–Crippen MR) is 89.5 cm³/mol. The minimum Gasteiger partial charge on any atom is -0.353 e. The van der Waals surface area contributed by atoms with Crippen molar-refractivity contribution in [2.24, 2.45) is 0 Å². The molecule has 124 valence electrons. The fraction of sp³-hybridized carbons (Fsp3) is 0.824. The van der Waals surface area contributed by atoms with Gasteiger partial charge in [-0.3, -0.25) is 0 Å². The Morgan fingerprint density at radius 1 is 1.36 bits per heavy atom. The van der Waals surface area contributed by atoms with Crippen LogP contribution in [0, 0.1) is 0 Å². The van der Waals surface area contributed by atoms with E-state index in [4.69, 9.17) is 14.5 Å². The van der Waals surface area contributed by atoms with Crippen molar-refractivity contribution in [3.8, 4) is 0 Å². The zero-order valence-corrected chi connectivity index (χ0v) is 14.4. The van der Waals surface area contributed by atoms with Gasteiger partial charge in [0.05, 0.1) is 17.3 Å². The maximum atomic E-state index is 5.87. The maximum Gasteiger partial charge on any atom is 0.157 e. The van der Waals surface area contributed by atoms with Crippen LogP contribution in [-0.4, -0.2) is 49.0 Å². The van der Waals surface area contributed by atoms with Crippen LogP contribution >= 0.6 is 11.3 Å². The molecule has 0 aliphatic carbocycles. The summed E-state index contributed by atoms with van der Waals surface area (Å²) in [4.78, 5) is 7.31. The topological polar surface area (TPSA) is 34.6 Å². The lowest BCUT2D eigenvalue weighted by atomic mass is 9.99. The van der Waals surface area contributed by atoms with Crippen LogP contribution in [0.3, 0.4) is 0 Å². The first-order chi connectivity index (χ1) is 10.8. The van der Waals surface area contributed by atoms with Crippen LogP contribution in [0.1, 0.15) is 55.6 Å². The van der Waals surface area contributed by atoms with Gasteiger partial charge in [0.1, 0.15) is 0 Å². The number of hydrogen-bond acceptors (Lipinski definition) is 5. The second kappa shape index (κ2) is 8.39. The van der Waals surface area contributed by atoms with E-state index in [2.05, 4.69) is 17.2 Å². The molecule has 2 saturated heterocycles. The number of likely N-dealkylation sites (tertiary alicyclic amines) is 1. The van der Waals surface area contributed by atoms with Gasteiger partial charge in [-0.25, -0.2) is 4.98 Å². The zero-order valence-electron chi connectivity index (χ0n) is 13.6. The summed E-state index contributed by atoms with van der Waals surface area (Å²) in [5, 5.41) is 3.55. The number of piperidine rings is 1. The van der Waals surface area contributed by atoms with Crippen LogP contribution in [0.5, 0.6) is 0 Å². The number of rotatable bonds is 6. The highest BCUT2D eigenvalue weighted by molar-refractivity contribution is 7.09. The number of nitrogens with zero attached hydrogens (tertiary/aromatic N) is 2. The molecule has 0 unspecified atom stereocenters. The van der Waals surface area contributed by atoms with Gasteiger partial charge in [0.2, 0.25) is 0 Å². The molecule has 0 aromatic carbocycles. The van der Waals surface area contributed by atoms with Gasteiger partial charge in [-0.1, -0.05) is 6.92 Å². The predicted octanol–water partition coefficient (Wildman–Crippen LogP) is 3.43. The van der Waals surface area contributed by atoms with E-state index in [1.165, 1.54) is 42.9 Å². The number of ether oxygens (including phenoxy) is 2. The summed E-state index contributed by atoms with van der Waals surface area (Å²) in [5.41, 5.74) is 1.25. The largest absolute Gasteiger partial charge is 0.353 e. The summed E-state index contributed by atoms with van der Waals surface area (Å²) in [6.45, 7) is 7.16. The van der Waals surface area contributed by atoms with Gasteiger partial charge in [-0.2, -0.15) is 0 Å². The van der Waals surface area contributed by atoms with Crippen molar-refractivity contribution in [1.29, 1.82) is 0 Å². The number of aryl methyl sites for hydroxylation is 1. The molecule has 5 heteroatoms. The third-order valence-corrected chi connectivity index (χ3v) is 5.69. The van der Waals surface area contributed by atoms with Crippen LogP contribution < -0.4 is 0 Å². The Bertz CT molecular complexity index is 446. The van der Waals surface area contributed by atoms with Gasteiger partial charge in [-0.05, 0) is 45.1 Å². The molecule has 1 aromatic heterocycles. The van der Waals surface area contributed by atoms with E-state index < -0.39 is 0 Å². The summed E-state index contributed by atoms with van der Waals surface area (Å²) >= 11 is 1.84. The van der Waals surface area contributed by atoms with E-state index in [1.54, 1.807) is 0 Å². The number of hydrogen-bond donors (Lipinski definition) is 0. The van der Waals surface area contributed by atoms with Crippen molar-refractivity contribution in [2.45, 2.75) is 57.7 Å². The third-order valence-electron chi connectivity index (χ3n) is 4.64. The second-order valence-electron chi connectivity index (χ2n) is 6.34. The van der Waals surface area contributed by atoms with E-state index in [0.717, 1.165) is 39.1 Å². The third kappa shape index (κ3) is 4.51. The average molecular weight is 324 g/mol. The van der Waals surface area contributed by atoms with Gasteiger partial charge in [0, 0.05) is 31.0 Å². The first-order valence-electron chi connectivity index (χ1n) is 8.75. The monoisotopic (exact) mass is 324 g/mol. The maximum absolute atomic E-state index is 5.87. The molecule has 2 aliphatic rings. The van der Waals surface area contributed by atoms with Gasteiger partial charge in [0.15, 0.2) is 6.29 Å². The van der Waals surface area contributed by atoms with E-state index >= 15 is 0 Å². The Balaban J connectivity index is 1.42. The average Bonchev–Trinajstić information content (AvgIpc) is 3.05. The lowest BCUT2D eigenvalue weighted by Crippen LogP contribution is -2.37. The fourth-order valence-corrected chi connectivity index (χ4v) is 4.32. The Kier molecular flexibility index (Phi) is 6.24. The summed E-state index contributed by atoms with van der Waals surface area (Å²) < 4.78 is 11.5. The SMILES string of the molecule is CCc1csc([C@@H]2CCCN(CCO[C@@H]3CCCCO3)C2)n1. The summed E-state index contributed by atoms with van der Waals surface area (Å²) in [6.07, 6.45) is 7.11. The molecule has 3 rings (SSSR count). The van der Waals surface area contributed by atoms with Crippen molar-refractivity contribution in [2.75, 3.05) is 32.8 Å². The Hall–Kier alpha value is -0.490. The zero-order chi connectivity index (χ0) is 15.2. The van der Waals surface area contributed by atoms with Crippen molar-refractivity contribution in [3.05, 3.63) is 16.1 Å². The van der Waals surface area contributed by atoms with Crippen LogP contribution in [0.25, 0.3) is 0 Å². The van der Waals surface area contributed by atoms with Crippen LogP contribution in [0.15, 0.2) is 5.38 Å². The Morgan fingerprint density at radius 2 is 2.32 bits per heavy atom. The van der Waals surface area contributed by atoms with Crippen molar-refractivity contribution < 1.29 is 9.47 Å². The molecular weight excluding hydrogens is 296 g/mol. The van der Waals surface area contributed by atoms with E-state index in [-0.39, 0.29) is 6.29 Å². The molecule has 0 saturated carbocycles. The highest BCUT2D eigenvalue weighted by Gasteiger charge is 2.24. The smallest absolute Gasteiger partial charge is 0.157 e. The molecule has 2 aliphatic heterocycles. The van der Waals surface area contributed by atoms with E-state index in [0.29, 0.717) is 5.92 Å². The van der Waals surface area contributed by atoms with Crippen molar-refractivity contribution in [3.63, 3.8) is 0 Å². The minimum absolute atomic E-state index is 0.0420. The standard InChI is InChI=1S/C17H28N2O2S/c1-2-15-13-22-17(18-15)14-6-5-8-19(12-14)9-11-21-16-7-3-4-10-20-16/h13-14,16H,2-12H2,1H3/t14-,16-/m1/s1. The molecule has 0 spiro atoms. The molecular formula is C17H28N2O2S. The molecule has 2 fully saturated rings. The number of aromatic nitrogens is 1. The van der Waals surface area contributed by atoms with Crippen molar-refractivity contribution >= 4 is 11.3 Å². The van der Waals surface area contributed by atoms with Crippen LogP contribution in [-0.2, 0) is 15.9 Å². The molecule has 0 radical (unpaired) electrons. The summed E-state index contributed by atoms with van der Waals surface area (Å²) in [7, 11) is 0. The molecule has 3 heterocycles. The summed E-state index contributed by atoms with van der Waals surface area (Å²) in [5.74, 6) is 0.616. The molecule has 0 N–H and O–H groups in total. The normalized spacial score (nSPS) is 27.1. The quantitative estimate of drug-likeness (QED) is 0.803. The number of thiazole rings is 1. The lowest BCUT2D eigenvalue weighted by Gasteiger charge is -2.32. The van der Waals surface area contributed by atoms with Crippen LogP contribution in [0.2, 0.25) is 0 Å². The van der Waals surface area contributed by atoms with Crippen LogP contribution in [0.4, 0.5) is 0 Å². The lowest BCUT2D eigenvalue weighted by molar-refractivity contribution is -0.164. The minimum atomic E-state index is 0.0420. The molecule has 2 atom stereocenters. The second-order valence-corrected chi connectivity index (χ2v) is 7.23. The van der Waals surface area contributed by atoms with Crippen molar-refractivity contribution in [1.82, 2.24) is 9.88 Å². The molecule has 0 amide bonds. The molecule has 1 aromatic rings. The Morgan fingerprint density at radius 3 is 3.09 bits per heavy atom. The van der Waals surface area contributed by atoms with Gasteiger partial charge in [0.25, 0.3) is 0 Å². The molecule has 0 bridgehead atoms. The highest BCUT2D eigenvalue weighted by Crippen LogP contribution is 2.29. The first kappa shape index (κ1) is 16.4. The van der Waals surface area contributed by atoms with Gasteiger partial charge < -0.3 is 14.4 Å². The van der Waals surface area contributed by atoms with Gasteiger partial charge in [-0.15, -0.1) is 11.3 Å². The van der Waals surface area contributed by atoms with E-state index in [1.807, 2.05) is 11.3 Å². The molecule has 22 heavy (non-hydrogen) atoms. The molecule has 4 nitrogen and oxygen atoms in total. The summed E-state index contributed by atoms with van der Waals surface area (Å²) in [6, 6.07) is 0. The first-order valence-corrected chi connectivity index (χ1v) is 9.63. The van der Waals surface area contributed by atoms with E-state index in [9.17, 15) is 0 Å². The van der Waals surface area contributed by atoms with Gasteiger partial charge >= 0.3 is 0 Å².